The Morgan fingerprint density at radius 3 is 2.35 bits per heavy atom. The molecule has 2 aromatic carbocycles. The molecule has 86 valence electrons. The van der Waals surface area contributed by atoms with Crippen molar-refractivity contribution in [1.29, 1.82) is 0 Å². The van der Waals surface area contributed by atoms with Crippen LogP contribution in [0.2, 0.25) is 0 Å². The second-order valence-electron chi connectivity index (χ2n) is 3.55. The Morgan fingerprint density at radius 1 is 1.00 bits per heavy atom. The Balaban J connectivity index is 2.36. The smallest absolute Gasteiger partial charge is 0.257 e. The topological polar surface area (TPSA) is 32.5 Å². The molecule has 2 rings (SSSR count). The molecule has 17 heavy (non-hydrogen) atoms. The predicted octanol–water partition coefficient (Wildman–Crippen LogP) is 2.85. The minimum absolute atomic E-state index is 0.707. The van der Waals surface area contributed by atoms with E-state index in [-0.39, 0.29) is 0 Å². The molecule has 3 nitrogen and oxygen atoms in total. The van der Waals surface area contributed by atoms with E-state index in [4.69, 9.17) is 4.74 Å². The van der Waals surface area contributed by atoms with Gasteiger partial charge in [-0.2, -0.15) is 0 Å². The number of benzene rings is 2. The number of para-hydroxylation sites is 2. The number of hydrogen-bond acceptors (Lipinski definition) is 2. The van der Waals surface area contributed by atoms with Gasteiger partial charge in [0.2, 0.25) is 6.21 Å². The van der Waals surface area contributed by atoms with Gasteiger partial charge in [0.05, 0.1) is 12.7 Å². The third kappa shape index (κ3) is 2.64. The van der Waals surface area contributed by atoms with Gasteiger partial charge in [0.25, 0.3) is 5.69 Å². The zero-order valence-electron chi connectivity index (χ0n) is 9.58. The van der Waals surface area contributed by atoms with E-state index in [1.165, 1.54) is 0 Å². The van der Waals surface area contributed by atoms with Gasteiger partial charge in [0, 0.05) is 16.9 Å². The van der Waals surface area contributed by atoms with Crippen molar-refractivity contribution >= 4 is 11.9 Å². The van der Waals surface area contributed by atoms with Crippen LogP contribution in [0.15, 0.2) is 54.6 Å². The van der Waals surface area contributed by atoms with E-state index in [9.17, 15) is 5.21 Å². The van der Waals surface area contributed by atoms with Crippen molar-refractivity contribution in [3.8, 4) is 5.75 Å². The summed E-state index contributed by atoms with van der Waals surface area (Å²) in [5.74, 6) is 0.725. The number of ether oxygens (including phenoxy) is 1. The van der Waals surface area contributed by atoms with Crippen LogP contribution >= 0.6 is 0 Å². The third-order valence-electron chi connectivity index (χ3n) is 2.42. The first-order valence-electron chi connectivity index (χ1n) is 5.32. The summed E-state index contributed by atoms with van der Waals surface area (Å²) in [6.07, 6.45) is 1.62. The fraction of sp³-hybridized carbons (Fsp3) is 0.0714. The van der Waals surface area contributed by atoms with Crippen LogP contribution in [0.1, 0.15) is 5.56 Å². The Morgan fingerprint density at radius 2 is 1.65 bits per heavy atom. The lowest BCUT2D eigenvalue weighted by atomic mass is 10.2. The van der Waals surface area contributed by atoms with Crippen LogP contribution < -0.4 is 4.74 Å². The maximum atomic E-state index is 9.92. The van der Waals surface area contributed by atoms with E-state index < -0.39 is 0 Å². The van der Waals surface area contributed by atoms with Crippen molar-refractivity contribution in [2.45, 2.75) is 0 Å². The Hall–Kier alpha value is -2.29. The molecule has 0 bridgehead atoms. The standard InChI is InChI=1S/C14H14NO2/c1-17-14-10-6-5-7-12(14)11-15(16)13-8-3-2-4-9-13/h2-11,16H,1H3/q+1/b15-11-. The van der Waals surface area contributed by atoms with Crippen molar-refractivity contribution in [1.82, 2.24) is 0 Å². The second kappa shape index (κ2) is 5.16. The van der Waals surface area contributed by atoms with Crippen LogP contribution in [0.5, 0.6) is 5.75 Å². The summed E-state index contributed by atoms with van der Waals surface area (Å²) in [6.45, 7) is 0. The minimum Gasteiger partial charge on any atom is -0.496 e. The van der Waals surface area contributed by atoms with Crippen molar-refractivity contribution in [3.05, 3.63) is 60.2 Å². The molecule has 0 saturated heterocycles. The molecule has 2 aromatic rings. The molecule has 0 amide bonds. The molecule has 0 unspecified atom stereocenters. The van der Waals surface area contributed by atoms with Crippen LogP contribution in [-0.4, -0.2) is 23.3 Å². The van der Waals surface area contributed by atoms with E-state index >= 15 is 0 Å². The van der Waals surface area contributed by atoms with Gasteiger partial charge in [0.15, 0.2) is 0 Å². The summed E-state index contributed by atoms with van der Waals surface area (Å²) in [7, 11) is 1.61. The highest BCUT2D eigenvalue weighted by Crippen LogP contribution is 2.16. The van der Waals surface area contributed by atoms with Crippen molar-refractivity contribution in [2.75, 3.05) is 7.11 Å². The highest BCUT2D eigenvalue weighted by molar-refractivity contribution is 5.80. The molecule has 0 fully saturated rings. The van der Waals surface area contributed by atoms with E-state index in [1.807, 2.05) is 54.6 Å². The molecule has 1 N–H and O–H groups in total. The van der Waals surface area contributed by atoms with Crippen LogP contribution in [0, 0.1) is 0 Å². The first kappa shape index (κ1) is 11.2. The first-order valence-corrected chi connectivity index (χ1v) is 5.32. The first-order chi connectivity index (χ1) is 8.31. The van der Waals surface area contributed by atoms with Gasteiger partial charge < -0.3 is 4.74 Å². The molecule has 0 aliphatic carbocycles. The summed E-state index contributed by atoms with van der Waals surface area (Å²) in [5.41, 5.74) is 1.53. The predicted molar refractivity (Wildman–Crippen MR) is 66.3 cm³/mol. The lowest BCUT2D eigenvalue weighted by molar-refractivity contribution is -0.709. The summed E-state index contributed by atoms with van der Waals surface area (Å²) < 4.78 is 6.29. The largest absolute Gasteiger partial charge is 0.496 e. The SMILES string of the molecule is COc1ccccc1/C=[N+](\O)c1ccccc1. The van der Waals surface area contributed by atoms with Crippen molar-refractivity contribution in [2.24, 2.45) is 0 Å². The second-order valence-corrected chi connectivity index (χ2v) is 3.55. The normalized spacial score (nSPS) is 11.2. The van der Waals surface area contributed by atoms with Crippen LogP contribution in [-0.2, 0) is 0 Å². The highest BCUT2D eigenvalue weighted by Gasteiger charge is 2.09. The lowest BCUT2D eigenvalue weighted by Crippen LogP contribution is -2.03. The maximum absolute atomic E-state index is 9.92. The monoisotopic (exact) mass is 228 g/mol. The van der Waals surface area contributed by atoms with Gasteiger partial charge in [0.1, 0.15) is 5.75 Å². The zero-order valence-corrected chi connectivity index (χ0v) is 9.58. The molecule has 0 heterocycles. The fourth-order valence-electron chi connectivity index (χ4n) is 1.56. The zero-order chi connectivity index (χ0) is 12.1. The lowest BCUT2D eigenvalue weighted by Gasteiger charge is -2.01. The van der Waals surface area contributed by atoms with Crippen LogP contribution in [0.3, 0.4) is 0 Å². The third-order valence-corrected chi connectivity index (χ3v) is 2.42. The summed E-state index contributed by atoms with van der Waals surface area (Å²) in [5, 5.41) is 9.92. The molecular weight excluding hydrogens is 214 g/mol. The van der Waals surface area contributed by atoms with Gasteiger partial charge in [-0.25, -0.2) is 0 Å². The Bertz CT molecular complexity index is 521. The molecule has 0 aromatic heterocycles. The molecule has 0 spiro atoms. The molecule has 0 aliphatic heterocycles. The Kier molecular flexibility index (Phi) is 3.40. The van der Waals surface area contributed by atoms with Crippen LogP contribution in [0.25, 0.3) is 0 Å². The van der Waals surface area contributed by atoms with Gasteiger partial charge in [-0.15, -0.1) is 0 Å². The number of methoxy groups -OCH3 is 1. The van der Waals surface area contributed by atoms with Gasteiger partial charge >= 0.3 is 0 Å². The molecule has 3 heteroatoms. The van der Waals surface area contributed by atoms with Gasteiger partial charge in [-0.05, 0) is 12.1 Å². The van der Waals surface area contributed by atoms with E-state index in [2.05, 4.69) is 0 Å². The molecular formula is C14H14NO2+. The highest BCUT2D eigenvalue weighted by atomic mass is 16.5. The molecule has 0 atom stereocenters. The van der Waals surface area contributed by atoms with Crippen molar-refractivity contribution in [3.63, 3.8) is 0 Å². The summed E-state index contributed by atoms with van der Waals surface area (Å²) in [6, 6.07) is 16.8. The average molecular weight is 228 g/mol. The summed E-state index contributed by atoms with van der Waals surface area (Å²) >= 11 is 0. The van der Waals surface area contributed by atoms with E-state index in [0.717, 1.165) is 16.1 Å². The molecule has 0 saturated carbocycles. The average Bonchev–Trinajstić information content (AvgIpc) is 2.40. The quantitative estimate of drug-likeness (QED) is 0.379. The number of hydrogen-bond donors (Lipinski definition) is 1. The van der Waals surface area contributed by atoms with Gasteiger partial charge in [-0.1, -0.05) is 30.3 Å². The van der Waals surface area contributed by atoms with E-state index in [0.29, 0.717) is 5.69 Å². The summed E-state index contributed by atoms with van der Waals surface area (Å²) in [4.78, 5) is 0. The fourth-order valence-corrected chi connectivity index (χ4v) is 1.56. The number of nitrogens with zero attached hydrogens (tertiary/aromatic N) is 1. The number of rotatable bonds is 3. The molecule has 0 radical (unpaired) electrons. The maximum Gasteiger partial charge on any atom is 0.257 e. The van der Waals surface area contributed by atoms with Crippen molar-refractivity contribution < 1.29 is 14.7 Å². The van der Waals surface area contributed by atoms with Gasteiger partial charge in [-0.3, -0.25) is 5.21 Å². The molecule has 0 aliphatic rings. The van der Waals surface area contributed by atoms with Crippen LogP contribution in [0.4, 0.5) is 5.69 Å². The minimum atomic E-state index is 0.707. The van der Waals surface area contributed by atoms with E-state index in [1.54, 1.807) is 13.3 Å². The Labute approximate surface area is 100 Å².